The fraction of sp³-hybridized carbons (Fsp3) is 0.100. The first-order chi connectivity index (χ1) is 12.5. The summed E-state index contributed by atoms with van der Waals surface area (Å²) < 4.78 is 18.6. The number of benzene rings is 2. The summed E-state index contributed by atoms with van der Waals surface area (Å²) in [5.74, 6) is -0.329. The van der Waals surface area contributed by atoms with Gasteiger partial charge in [0.1, 0.15) is 11.6 Å². The van der Waals surface area contributed by atoms with E-state index in [1.165, 1.54) is 12.1 Å². The molecule has 0 bridgehead atoms. The third kappa shape index (κ3) is 3.64. The molecule has 2 amide bonds. The molecule has 0 saturated heterocycles. The lowest BCUT2D eigenvalue weighted by atomic mass is 10.1. The van der Waals surface area contributed by atoms with Gasteiger partial charge in [0.05, 0.1) is 0 Å². The number of nitrogens with one attached hydrogen (secondary N) is 2. The normalized spacial score (nSPS) is 10.4. The number of carbonyl (C=O) groups is 2. The van der Waals surface area contributed by atoms with Crippen molar-refractivity contribution >= 4 is 17.5 Å². The lowest BCUT2D eigenvalue weighted by Gasteiger charge is -2.09. The van der Waals surface area contributed by atoms with Crippen LogP contribution in [0.1, 0.15) is 26.5 Å². The third-order valence-electron chi connectivity index (χ3n) is 3.92. The van der Waals surface area contributed by atoms with Crippen molar-refractivity contribution < 1.29 is 18.4 Å². The van der Waals surface area contributed by atoms with Crippen molar-refractivity contribution in [2.45, 2.75) is 6.92 Å². The Morgan fingerprint density at radius 3 is 2.35 bits per heavy atom. The third-order valence-corrected chi connectivity index (χ3v) is 3.92. The number of amides is 2. The Kier molecular flexibility index (Phi) is 4.84. The maximum Gasteiger partial charge on any atom is 0.291 e. The molecule has 0 saturated carbocycles. The molecular formula is C20H17FN2O3. The fourth-order valence-corrected chi connectivity index (χ4v) is 2.50. The van der Waals surface area contributed by atoms with Gasteiger partial charge < -0.3 is 15.1 Å². The maximum atomic E-state index is 13.0. The van der Waals surface area contributed by atoms with Crippen molar-refractivity contribution in [3.8, 4) is 11.3 Å². The summed E-state index contributed by atoms with van der Waals surface area (Å²) in [5, 5.41) is 5.31. The Morgan fingerprint density at radius 1 is 0.962 bits per heavy atom. The van der Waals surface area contributed by atoms with Crippen LogP contribution in [0.25, 0.3) is 11.3 Å². The SMILES string of the molecule is CNC(=O)c1ccc(NC(=O)c2ccc(-c3ccc(F)cc3)o2)c(C)c1. The number of furan rings is 1. The largest absolute Gasteiger partial charge is 0.451 e. The van der Waals surface area contributed by atoms with E-state index in [9.17, 15) is 14.0 Å². The Hall–Kier alpha value is -3.41. The molecule has 6 heteroatoms. The predicted molar refractivity (Wildman–Crippen MR) is 96.6 cm³/mol. The molecule has 0 radical (unpaired) electrons. The van der Waals surface area contributed by atoms with Gasteiger partial charge in [0.15, 0.2) is 5.76 Å². The van der Waals surface area contributed by atoms with E-state index in [0.717, 1.165) is 5.56 Å². The van der Waals surface area contributed by atoms with Crippen LogP contribution in [0.5, 0.6) is 0 Å². The molecule has 3 rings (SSSR count). The number of rotatable bonds is 4. The minimum absolute atomic E-state index is 0.138. The molecule has 0 spiro atoms. The van der Waals surface area contributed by atoms with Gasteiger partial charge in [-0.15, -0.1) is 0 Å². The Bertz CT molecular complexity index is 961. The Morgan fingerprint density at radius 2 is 1.69 bits per heavy atom. The summed E-state index contributed by atoms with van der Waals surface area (Å²) >= 11 is 0. The second-order valence-corrected chi connectivity index (χ2v) is 5.73. The average molecular weight is 352 g/mol. The summed E-state index contributed by atoms with van der Waals surface area (Å²) in [6.45, 7) is 1.80. The molecule has 26 heavy (non-hydrogen) atoms. The van der Waals surface area contributed by atoms with E-state index in [1.54, 1.807) is 56.4 Å². The summed E-state index contributed by atoms with van der Waals surface area (Å²) in [7, 11) is 1.56. The van der Waals surface area contributed by atoms with E-state index in [1.807, 2.05) is 0 Å². The second kappa shape index (κ2) is 7.23. The topological polar surface area (TPSA) is 71.3 Å². The van der Waals surface area contributed by atoms with Gasteiger partial charge in [-0.25, -0.2) is 4.39 Å². The zero-order valence-electron chi connectivity index (χ0n) is 14.3. The predicted octanol–water partition coefficient (Wildman–Crippen LogP) is 4.01. The Labute approximate surface area is 149 Å². The molecule has 132 valence electrons. The zero-order valence-corrected chi connectivity index (χ0v) is 14.3. The first-order valence-corrected chi connectivity index (χ1v) is 7.98. The van der Waals surface area contributed by atoms with Gasteiger partial charge in [0.25, 0.3) is 11.8 Å². The average Bonchev–Trinajstić information content (AvgIpc) is 3.13. The van der Waals surface area contributed by atoms with Crippen molar-refractivity contribution in [1.82, 2.24) is 5.32 Å². The first kappa shape index (κ1) is 17.4. The number of hydrogen-bond donors (Lipinski definition) is 2. The molecule has 3 aromatic rings. The van der Waals surface area contributed by atoms with Crippen LogP contribution in [0.3, 0.4) is 0 Å². The second-order valence-electron chi connectivity index (χ2n) is 5.73. The minimum atomic E-state index is -0.408. The molecule has 0 aliphatic heterocycles. The van der Waals surface area contributed by atoms with Crippen LogP contribution in [0.2, 0.25) is 0 Å². The van der Waals surface area contributed by atoms with Gasteiger partial charge in [0, 0.05) is 23.9 Å². The van der Waals surface area contributed by atoms with Crippen LogP contribution in [-0.4, -0.2) is 18.9 Å². The van der Waals surface area contributed by atoms with Gasteiger partial charge in [-0.1, -0.05) is 0 Å². The summed E-state index contributed by atoms with van der Waals surface area (Å²) in [6.07, 6.45) is 0. The van der Waals surface area contributed by atoms with Crippen LogP contribution in [0.15, 0.2) is 59.0 Å². The number of anilines is 1. The number of hydrogen-bond acceptors (Lipinski definition) is 3. The molecular weight excluding hydrogens is 335 g/mol. The molecule has 0 atom stereocenters. The highest BCUT2D eigenvalue weighted by atomic mass is 19.1. The van der Waals surface area contributed by atoms with Crippen LogP contribution in [0, 0.1) is 12.7 Å². The van der Waals surface area contributed by atoms with Crippen LogP contribution in [0.4, 0.5) is 10.1 Å². The van der Waals surface area contributed by atoms with Crippen molar-refractivity contribution in [3.63, 3.8) is 0 Å². The van der Waals surface area contributed by atoms with Crippen LogP contribution >= 0.6 is 0 Å². The monoisotopic (exact) mass is 352 g/mol. The standard InChI is InChI=1S/C20H17FN2O3/c1-12-11-14(19(24)22-2)5-8-16(12)23-20(25)18-10-9-17(26-18)13-3-6-15(21)7-4-13/h3-11H,1-2H3,(H,22,24)(H,23,25). The van der Waals surface area contributed by atoms with Crippen molar-refractivity contribution in [1.29, 1.82) is 0 Å². The number of halogens is 1. The van der Waals surface area contributed by atoms with Crippen LogP contribution < -0.4 is 10.6 Å². The first-order valence-electron chi connectivity index (χ1n) is 7.98. The zero-order chi connectivity index (χ0) is 18.7. The van der Waals surface area contributed by atoms with Gasteiger partial charge in [-0.05, 0) is 67.1 Å². The quantitative estimate of drug-likeness (QED) is 0.745. The van der Waals surface area contributed by atoms with Crippen LogP contribution in [-0.2, 0) is 0 Å². The maximum absolute atomic E-state index is 13.0. The Balaban J connectivity index is 1.76. The lowest BCUT2D eigenvalue weighted by molar-refractivity contribution is 0.0962. The van der Waals surface area contributed by atoms with Crippen molar-refractivity contribution in [2.24, 2.45) is 0 Å². The van der Waals surface area contributed by atoms with E-state index in [-0.39, 0.29) is 17.5 Å². The molecule has 2 aromatic carbocycles. The molecule has 0 unspecified atom stereocenters. The van der Waals surface area contributed by atoms with Crippen molar-refractivity contribution in [3.05, 3.63) is 77.3 Å². The number of aryl methyl sites for hydroxylation is 1. The smallest absolute Gasteiger partial charge is 0.291 e. The summed E-state index contributed by atoms with van der Waals surface area (Å²) in [5.41, 5.74) is 2.53. The highest BCUT2D eigenvalue weighted by molar-refractivity contribution is 6.03. The van der Waals surface area contributed by atoms with E-state index >= 15 is 0 Å². The molecule has 5 nitrogen and oxygen atoms in total. The van der Waals surface area contributed by atoms with E-state index in [2.05, 4.69) is 10.6 Å². The fourth-order valence-electron chi connectivity index (χ4n) is 2.50. The highest BCUT2D eigenvalue weighted by Gasteiger charge is 2.14. The minimum Gasteiger partial charge on any atom is -0.451 e. The molecule has 0 fully saturated rings. The van der Waals surface area contributed by atoms with Gasteiger partial charge >= 0.3 is 0 Å². The van der Waals surface area contributed by atoms with E-state index < -0.39 is 5.91 Å². The highest BCUT2D eigenvalue weighted by Crippen LogP contribution is 2.24. The molecule has 2 N–H and O–H groups in total. The van der Waals surface area contributed by atoms with Gasteiger partial charge in [0.2, 0.25) is 0 Å². The number of carbonyl (C=O) groups excluding carboxylic acids is 2. The molecule has 0 aliphatic carbocycles. The van der Waals surface area contributed by atoms with Crippen molar-refractivity contribution in [2.75, 3.05) is 12.4 Å². The van der Waals surface area contributed by atoms with E-state index in [4.69, 9.17) is 4.42 Å². The summed E-state index contributed by atoms with van der Waals surface area (Å²) in [6, 6.07) is 14.0. The summed E-state index contributed by atoms with van der Waals surface area (Å²) in [4.78, 5) is 24.0. The van der Waals surface area contributed by atoms with Gasteiger partial charge in [-0.2, -0.15) is 0 Å². The van der Waals surface area contributed by atoms with E-state index in [0.29, 0.717) is 22.6 Å². The van der Waals surface area contributed by atoms with Gasteiger partial charge in [-0.3, -0.25) is 9.59 Å². The molecule has 0 aliphatic rings. The molecule has 1 aromatic heterocycles. The molecule has 1 heterocycles. The lowest BCUT2D eigenvalue weighted by Crippen LogP contribution is -2.18.